The van der Waals surface area contributed by atoms with Crippen LogP contribution in [0.5, 0.6) is 11.5 Å². The zero-order chi connectivity index (χ0) is 21.4. The molecule has 0 fully saturated rings. The van der Waals surface area contributed by atoms with E-state index in [1.165, 1.54) is 26.4 Å². The lowest BCUT2D eigenvalue weighted by molar-refractivity contribution is -0.138. The van der Waals surface area contributed by atoms with Crippen LogP contribution in [0.2, 0.25) is 0 Å². The molecule has 0 bridgehead atoms. The van der Waals surface area contributed by atoms with E-state index in [1.54, 1.807) is 41.3 Å². The summed E-state index contributed by atoms with van der Waals surface area (Å²) in [4.78, 5) is 14.1. The highest BCUT2D eigenvalue weighted by molar-refractivity contribution is 7.87. The number of hydrogen-bond donors (Lipinski definition) is 0. The van der Waals surface area contributed by atoms with E-state index >= 15 is 0 Å². The topological polar surface area (TPSA) is 82.1 Å². The molecule has 0 heterocycles. The van der Waals surface area contributed by atoms with Crippen molar-refractivity contribution >= 4 is 16.0 Å². The maximum atomic E-state index is 12.4. The second-order valence-corrected chi connectivity index (χ2v) is 8.12. The van der Waals surface area contributed by atoms with Crippen LogP contribution in [0.15, 0.2) is 53.4 Å². The van der Waals surface area contributed by atoms with Crippen molar-refractivity contribution in [3.8, 4) is 11.5 Å². The summed E-state index contributed by atoms with van der Waals surface area (Å²) in [5, 5.41) is 0. The molecule has 0 radical (unpaired) electrons. The summed E-state index contributed by atoms with van der Waals surface area (Å²) >= 11 is 0. The Balaban J connectivity index is 2.11. The van der Waals surface area contributed by atoms with Gasteiger partial charge in [0.1, 0.15) is 23.0 Å². The number of carbonyl (C=O) groups is 1. The highest BCUT2D eigenvalue weighted by Crippen LogP contribution is 2.22. The lowest BCUT2D eigenvalue weighted by Crippen LogP contribution is -2.39. The van der Waals surface area contributed by atoms with Crippen molar-refractivity contribution in [1.29, 1.82) is 0 Å². The number of hydrogen-bond acceptors (Lipinski definition) is 6. The van der Waals surface area contributed by atoms with Gasteiger partial charge in [0.15, 0.2) is 0 Å². The SMILES string of the molecule is CC[C@@H](C)N(Cc1ccc(OS(=O)(=O)c2ccc(OC)cc2)cc1)C(=O)COC. The summed E-state index contributed by atoms with van der Waals surface area (Å²) in [6, 6.07) is 12.7. The number of rotatable bonds is 10. The molecule has 158 valence electrons. The molecule has 7 nitrogen and oxygen atoms in total. The van der Waals surface area contributed by atoms with Gasteiger partial charge in [0, 0.05) is 19.7 Å². The normalized spacial score (nSPS) is 12.3. The average Bonchev–Trinajstić information content (AvgIpc) is 2.72. The van der Waals surface area contributed by atoms with Crippen LogP contribution < -0.4 is 8.92 Å². The fourth-order valence-electron chi connectivity index (χ4n) is 2.68. The molecule has 1 atom stereocenters. The van der Waals surface area contributed by atoms with E-state index in [-0.39, 0.29) is 29.2 Å². The van der Waals surface area contributed by atoms with Crippen LogP contribution >= 0.6 is 0 Å². The van der Waals surface area contributed by atoms with Crippen molar-refractivity contribution in [3.63, 3.8) is 0 Å². The minimum absolute atomic E-state index is 0.0195. The van der Waals surface area contributed by atoms with Crippen LogP contribution in [0.4, 0.5) is 0 Å². The molecule has 0 aliphatic rings. The molecule has 0 spiro atoms. The van der Waals surface area contributed by atoms with Crippen LogP contribution in [-0.4, -0.2) is 46.1 Å². The van der Waals surface area contributed by atoms with Gasteiger partial charge in [-0.1, -0.05) is 19.1 Å². The third-order valence-electron chi connectivity index (χ3n) is 4.54. The second-order valence-electron chi connectivity index (χ2n) is 6.57. The summed E-state index contributed by atoms with van der Waals surface area (Å²) in [6.45, 7) is 4.42. The Kier molecular flexibility index (Phi) is 8.04. The van der Waals surface area contributed by atoms with E-state index in [2.05, 4.69) is 0 Å². The average molecular weight is 422 g/mol. The van der Waals surface area contributed by atoms with Gasteiger partial charge in [-0.25, -0.2) is 0 Å². The molecule has 8 heteroatoms. The molecule has 0 unspecified atom stereocenters. The molecule has 1 amide bonds. The van der Waals surface area contributed by atoms with Gasteiger partial charge in [-0.3, -0.25) is 4.79 Å². The number of amides is 1. The molecule has 29 heavy (non-hydrogen) atoms. The van der Waals surface area contributed by atoms with E-state index in [9.17, 15) is 13.2 Å². The first-order chi connectivity index (χ1) is 13.8. The highest BCUT2D eigenvalue weighted by Gasteiger charge is 2.20. The lowest BCUT2D eigenvalue weighted by atomic mass is 10.1. The highest BCUT2D eigenvalue weighted by atomic mass is 32.2. The van der Waals surface area contributed by atoms with Crippen molar-refractivity contribution in [2.45, 2.75) is 37.8 Å². The molecule has 0 aromatic heterocycles. The summed E-state index contributed by atoms with van der Waals surface area (Å²) in [6.07, 6.45) is 0.816. The molecular formula is C21H27NO6S. The smallest absolute Gasteiger partial charge is 0.339 e. The minimum Gasteiger partial charge on any atom is -0.497 e. The Morgan fingerprint density at radius 2 is 1.59 bits per heavy atom. The van der Waals surface area contributed by atoms with Crippen molar-refractivity contribution in [2.24, 2.45) is 0 Å². The largest absolute Gasteiger partial charge is 0.497 e. The Morgan fingerprint density at radius 3 is 2.10 bits per heavy atom. The third kappa shape index (κ3) is 6.20. The Bertz CT molecular complexity index is 894. The fourth-order valence-corrected chi connectivity index (χ4v) is 3.61. The van der Waals surface area contributed by atoms with Crippen molar-refractivity contribution in [2.75, 3.05) is 20.8 Å². The van der Waals surface area contributed by atoms with Crippen LogP contribution in [0.3, 0.4) is 0 Å². The summed E-state index contributed by atoms with van der Waals surface area (Å²) in [5.41, 5.74) is 0.865. The Hall–Kier alpha value is -2.58. The predicted molar refractivity (Wildman–Crippen MR) is 109 cm³/mol. The Morgan fingerprint density at radius 1 is 1.00 bits per heavy atom. The molecule has 2 rings (SSSR count). The predicted octanol–water partition coefficient (Wildman–Crippen LogP) is 3.24. The van der Waals surface area contributed by atoms with Crippen LogP contribution in [0, 0.1) is 0 Å². The van der Waals surface area contributed by atoms with Gasteiger partial charge in [-0.05, 0) is 55.3 Å². The summed E-state index contributed by atoms with van der Waals surface area (Å²) in [5.74, 6) is 0.661. The molecule has 0 saturated heterocycles. The molecule has 0 aliphatic heterocycles. The van der Waals surface area contributed by atoms with Gasteiger partial charge in [0.25, 0.3) is 0 Å². The number of ether oxygens (including phenoxy) is 2. The van der Waals surface area contributed by atoms with Gasteiger partial charge < -0.3 is 18.6 Å². The second kappa shape index (κ2) is 10.3. The first-order valence-electron chi connectivity index (χ1n) is 9.26. The lowest BCUT2D eigenvalue weighted by Gasteiger charge is -2.28. The summed E-state index contributed by atoms with van der Waals surface area (Å²) < 4.78 is 40.0. The van der Waals surface area contributed by atoms with Crippen molar-refractivity contribution < 1.29 is 26.9 Å². The number of benzene rings is 2. The van der Waals surface area contributed by atoms with Crippen molar-refractivity contribution in [3.05, 3.63) is 54.1 Å². The van der Waals surface area contributed by atoms with E-state index in [4.69, 9.17) is 13.7 Å². The van der Waals surface area contributed by atoms with E-state index in [0.29, 0.717) is 12.3 Å². The van der Waals surface area contributed by atoms with Crippen LogP contribution in [0.25, 0.3) is 0 Å². The van der Waals surface area contributed by atoms with Crippen LogP contribution in [0.1, 0.15) is 25.8 Å². The first-order valence-corrected chi connectivity index (χ1v) is 10.7. The zero-order valence-electron chi connectivity index (χ0n) is 17.1. The van der Waals surface area contributed by atoms with Crippen LogP contribution in [-0.2, 0) is 26.2 Å². The standard InChI is InChI=1S/C21H27NO6S/c1-5-16(2)22(21(23)15-26-3)14-17-6-8-19(9-7-17)28-29(24,25)20-12-10-18(27-4)11-13-20/h6-13,16H,5,14-15H2,1-4H3/t16-/m1/s1. The Labute approximate surface area is 172 Å². The molecular weight excluding hydrogens is 394 g/mol. The molecule has 2 aromatic carbocycles. The molecule has 0 saturated carbocycles. The number of nitrogens with zero attached hydrogens (tertiary/aromatic N) is 1. The van der Waals surface area contributed by atoms with Gasteiger partial charge in [-0.15, -0.1) is 0 Å². The van der Waals surface area contributed by atoms with E-state index in [1.807, 2.05) is 13.8 Å². The third-order valence-corrected chi connectivity index (χ3v) is 5.80. The molecule has 0 aliphatic carbocycles. The van der Waals surface area contributed by atoms with Gasteiger partial charge in [-0.2, -0.15) is 8.42 Å². The zero-order valence-corrected chi connectivity index (χ0v) is 17.9. The fraction of sp³-hybridized carbons (Fsp3) is 0.381. The number of carbonyl (C=O) groups excluding carboxylic acids is 1. The van der Waals surface area contributed by atoms with E-state index < -0.39 is 10.1 Å². The van der Waals surface area contributed by atoms with E-state index in [0.717, 1.165) is 12.0 Å². The quantitative estimate of drug-likeness (QED) is 0.548. The van der Waals surface area contributed by atoms with Gasteiger partial charge >= 0.3 is 10.1 Å². The maximum Gasteiger partial charge on any atom is 0.339 e. The monoisotopic (exact) mass is 421 g/mol. The minimum atomic E-state index is -3.95. The van der Waals surface area contributed by atoms with Gasteiger partial charge in [0.2, 0.25) is 5.91 Å². The first kappa shape index (κ1) is 22.7. The molecule has 2 aromatic rings. The number of methoxy groups -OCH3 is 2. The molecule has 0 N–H and O–H groups in total. The summed E-state index contributed by atoms with van der Waals surface area (Å²) in [7, 11) is -0.954. The van der Waals surface area contributed by atoms with Crippen molar-refractivity contribution in [1.82, 2.24) is 4.90 Å². The maximum absolute atomic E-state index is 12.4. The van der Waals surface area contributed by atoms with Gasteiger partial charge in [0.05, 0.1) is 7.11 Å².